The Morgan fingerprint density at radius 3 is 2.41 bits per heavy atom. The van der Waals surface area contributed by atoms with Crippen molar-refractivity contribution >= 4 is 52.4 Å². The highest BCUT2D eigenvalue weighted by molar-refractivity contribution is 6.43. The molecule has 32 heavy (non-hydrogen) atoms. The molecule has 2 atom stereocenters. The number of urea groups is 1. The van der Waals surface area contributed by atoms with Crippen LogP contribution in [0.1, 0.15) is 30.1 Å². The summed E-state index contributed by atoms with van der Waals surface area (Å²) in [6.07, 6.45) is 2.02. The lowest BCUT2D eigenvalue weighted by Crippen LogP contribution is -2.41. The van der Waals surface area contributed by atoms with Crippen molar-refractivity contribution in [2.75, 3.05) is 23.8 Å². The van der Waals surface area contributed by atoms with Crippen molar-refractivity contribution in [1.82, 2.24) is 10.6 Å². The van der Waals surface area contributed by atoms with Crippen LogP contribution < -0.4 is 21.3 Å². The minimum absolute atomic E-state index is 0.0655. The second kappa shape index (κ2) is 11.2. The summed E-state index contributed by atoms with van der Waals surface area (Å²) in [5.41, 5.74) is 1.28. The van der Waals surface area contributed by atoms with Gasteiger partial charge in [-0.05, 0) is 56.2 Å². The molecule has 10 heteroatoms. The molecule has 1 aliphatic heterocycles. The number of amides is 4. The average molecular weight is 479 g/mol. The Morgan fingerprint density at radius 2 is 1.75 bits per heavy atom. The molecule has 0 aliphatic carbocycles. The zero-order chi connectivity index (χ0) is 23.1. The van der Waals surface area contributed by atoms with Gasteiger partial charge in [0.05, 0.1) is 21.7 Å². The number of anilines is 2. The molecule has 170 valence electrons. The fourth-order valence-electron chi connectivity index (χ4n) is 3.09. The number of hydrogen-bond donors (Lipinski definition) is 4. The Balaban J connectivity index is 1.47. The van der Waals surface area contributed by atoms with Crippen LogP contribution in [0.25, 0.3) is 0 Å². The summed E-state index contributed by atoms with van der Waals surface area (Å²) in [5.74, 6) is -0.916. The summed E-state index contributed by atoms with van der Waals surface area (Å²) < 4.78 is 5.46. The number of carbonyl (C=O) groups is 3. The van der Waals surface area contributed by atoms with E-state index in [-0.39, 0.29) is 27.7 Å². The highest BCUT2D eigenvalue weighted by Crippen LogP contribution is 2.25. The predicted molar refractivity (Wildman–Crippen MR) is 124 cm³/mol. The summed E-state index contributed by atoms with van der Waals surface area (Å²) in [7, 11) is 0. The summed E-state index contributed by atoms with van der Waals surface area (Å²) in [5, 5.41) is 11.2. The van der Waals surface area contributed by atoms with Crippen molar-refractivity contribution in [2.24, 2.45) is 0 Å². The van der Waals surface area contributed by atoms with Crippen molar-refractivity contribution in [3.05, 3.63) is 58.1 Å². The van der Waals surface area contributed by atoms with Gasteiger partial charge in [0.2, 0.25) is 5.91 Å². The third-order valence-electron chi connectivity index (χ3n) is 4.86. The van der Waals surface area contributed by atoms with Crippen LogP contribution in [0.4, 0.5) is 16.2 Å². The number of rotatable bonds is 7. The number of benzene rings is 2. The van der Waals surface area contributed by atoms with Crippen LogP contribution in [0, 0.1) is 0 Å². The van der Waals surface area contributed by atoms with E-state index in [0.29, 0.717) is 17.9 Å². The highest BCUT2D eigenvalue weighted by atomic mass is 35.5. The molecular formula is C22H24Cl2N4O4. The molecule has 0 saturated carbocycles. The van der Waals surface area contributed by atoms with E-state index in [0.717, 1.165) is 19.4 Å². The van der Waals surface area contributed by atoms with Crippen LogP contribution in [-0.2, 0) is 9.53 Å². The van der Waals surface area contributed by atoms with Crippen molar-refractivity contribution in [3.8, 4) is 0 Å². The SMILES string of the molecule is CC(NC(=O)c1cccc(Cl)c1Cl)C(=O)Nc1ccc(NC(=O)NCC2CCCO2)cc1. The summed E-state index contributed by atoms with van der Waals surface area (Å²) in [6.45, 7) is 2.75. The molecule has 1 fully saturated rings. The molecule has 4 amide bonds. The lowest BCUT2D eigenvalue weighted by molar-refractivity contribution is -0.117. The molecule has 3 rings (SSSR count). The first-order valence-corrected chi connectivity index (χ1v) is 10.9. The van der Waals surface area contributed by atoms with Crippen molar-refractivity contribution in [3.63, 3.8) is 0 Å². The van der Waals surface area contributed by atoms with Gasteiger partial charge in [0.1, 0.15) is 6.04 Å². The first-order chi connectivity index (χ1) is 15.3. The van der Waals surface area contributed by atoms with Gasteiger partial charge in [0, 0.05) is 24.5 Å². The maximum absolute atomic E-state index is 12.4. The molecule has 1 heterocycles. The van der Waals surface area contributed by atoms with E-state index in [2.05, 4.69) is 21.3 Å². The van der Waals surface area contributed by atoms with E-state index in [1.807, 2.05) is 0 Å². The molecule has 8 nitrogen and oxygen atoms in total. The number of nitrogens with one attached hydrogen (secondary N) is 4. The molecule has 2 aromatic carbocycles. The topological polar surface area (TPSA) is 109 Å². The summed E-state index contributed by atoms with van der Waals surface area (Å²) >= 11 is 12.0. The molecule has 1 saturated heterocycles. The Hall–Kier alpha value is -2.81. The molecule has 1 aliphatic rings. The van der Waals surface area contributed by atoms with Crippen molar-refractivity contribution in [2.45, 2.75) is 31.9 Å². The van der Waals surface area contributed by atoms with Gasteiger partial charge in [0.15, 0.2) is 0 Å². The maximum atomic E-state index is 12.4. The molecule has 0 radical (unpaired) electrons. The van der Waals surface area contributed by atoms with Gasteiger partial charge in [-0.1, -0.05) is 29.3 Å². The largest absolute Gasteiger partial charge is 0.376 e. The normalized spacial score (nSPS) is 16.2. The fraction of sp³-hybridized carbons (Fsp3) is 0.318. The number of carbonyl (C=O) groups excluding carboxylic acids is 3. The van der Waals surface area contributed by atoms with Crippen LogP contribution in [0.5, 0.6) is 0 Å². The minimum Gasteiger partial charge on any atom is -0.376 e. The minimum atomic E-state index is -0.820. The molecule has 2 unspecified atom stereocenters. The molecule has 0 aromatic heterocycles. The van der Waals surface area contributed by atoms with Gasteiger partial charge < -0.3 is 26.0 Å². The highest BCUT2D eigenvalue weighted by Gasteiger charge is 2.19. The molecule has 0 spiro atoms. The Kier molecular flexibility index (Phi) is 8.33. The second-order valence-electron chi connectivity index (χ2n) is 7.33. The maximum Gasteiger partial charge on any atom is 0.319 e. The monoisotopic (exact) mass is 478 g/mol. The van der Waals surface area contributed by atoms with E-state index >= 15 is 0 Å². The third-order valence-corrected chi connectivity index (χ3v) is 5.68. The van der Waals surface area contributed by atoms with Gasteiger partial charge in [-0.3, -0.25) is 9.59 Å². The first-order valence-electron chi connectivity index (χ1n) is 10.2. The lowest BCUT2D eigenvalue weighted by Gasteiger charge is -2.15. The average Bonchev–Trinajstić information content (AvgIpc) is 3.29. The lowest BCUT2D eigenvalue weighted by atomic mass is 10.2. The smallest absolute Gasteiger partial charge is 0.319 e. The van der Waals surface area contributed by atoms with Gasteiger partial charge in [-0.25, -0.2) is 4.79 Å². The molecule has 0 bridgehead atoms. The number of ether oxygens (including phenoxy) is 1. The van der Waals surface area contributed by atoms with Gasteiger partial charge in [-0.15, -0.1) is 0 Å². The number of hydrogen-bond acceptors (Lipinski definition) is 4. The summed E-state index contributed by atoms with van der Waals surface area (Å²) in [4.78, 5) is 36.8. The van der Waals surface area contributed by atoms with Crippen molar-refractivity contribution < 1.29 is 19.1 Å². The van der Waals surface area contributed by atoms with E-state index in [9.17, 15) is 14.4 Å². The third kappa shape index (κ3) is 6.59. The van der Waals surface area contributed by atoms with Crippen molar-refractivity contribution in [1.29, 1.82) is 0 Å². The predicted octanol–water partition coefficient (Wildman–Crippen LogP) is 4.05. The zero-order valence-corrected chi connectivity index (χ0v) is 18.9. The van der Waals surface area contributed by atoms with Crippen LogP contribution in [0.2, 0.25) is 10.0 Å². The standard InChI is InChI=1S/C22H24Cl2N4O4/c1-13(26-21(30)17-5-2-6-18(23)19(17)24)20(29)27-14-7-9-15(10-8-14)28-22(31)25-12-16-4-3-11-32-16/h2,5-10,13,16H,3-4,11-12H2,1H3,(H,26,30)(H,27,29)(H2,25,28,31). The number of halogens is 2. The van der Waals surface area contributed by atoms with Crippen LogP contribution >= 0.6 is 23.2 Å². The van der Waals surface area contributed by atoms with E-state index in [1.54, 1.807) is 43.3 Å². The van der Waals surface area contributed by atoms with Gasteiger partial charge in [0.25, 0.3) is 5.91 Å². The first kappa shape index (κ1) is 23.8. The van der Waals surface area contributed by atoms with E-state index in [4.69, 9.17) is 27.9 Å². The fourth-order valence-corrected chi connectivity index (χ4v) is 3.48. The zero-order valence-electron chi connectivity index (χ0n) is 17.4. The molecule has 4 N–H and O–H groups in total. The van der Waals surface area contributed by atoms with Crippen LogP contribution in [-0.4, -0.2) is 43.1 Å². The van der Waals surface area contributed by atoms with Gasteiger partial charge in [-0.2, -0.15) is 0 Å². The Morgan fingerprint density at radius 1 is 1.06 bits per heavy atom. The summed E-state index contributed by atoms with van der Waals surface area (Å²) in [6, 6.07) is 10.2. The van der Waals surface area contributed by atoms with Gasteiger partial charge >= 0.3 is 6.03 Å². The van der Waals surface area contributed by atoms with Crippen LogP contribution in [0.15, 0.2) is 42.5 Å². The molecular weight excluding hydrogens is 455 g/mol. The molecule has 2 aromatic rings. The van der Waals surface area contributed by atoms with E-state index < -0.39 is 17.9 Å². The second-order valence-corrected chi connectivity index (χ2v) is 8.12. The Bertz CT molecular complexity index is 978. The van der Waals surface area contributed by atoms with Crippen LogP contribution in [0.3, 0.4) is 0 Å². The Labute approximate surface area is 196 Å². The van der Waals surface area contributed by atoms with E-state index in [1.165, 1.54) is 6.07 Å². The quantitative estimate of drug-likeness (QED) is 0.481.